The first-order chi connectivity index (χ1) is 6.01. The van der Waals surface area contributed by atoms with Crippen LogP contribution in [0.25, 0.3) is 0 Å². The predicted molar refractivity (Wildman–Crippen MR) is 56.2 cm³/mol. The Morgan fingerprint density at radius 3 is 2.69 bits per heavy atom. The Bertz CT molecular complexity index is 399. The molecular weight excluding hydrogens is 276 g/mol. The van der Waals surface area contributed by atoms with Crippen LogP contribution < -0.4 is 10.5 Å². The van der Waals surface area contributed by atoms with E-state index in [-0.39, 0.29) is 4.90 Å². The van der Waals surface area contributed by atoms with Crippen molar-refractivity contribution in [2.45, 2.75) is 11.4 Å². The lowest BCUT2D eigenvalue weighted by Crippen LogP contribution is -2.18. The lowest BCUT2D eigenvalue weighted by Gasteiger charge is -1.98. The van der Waals surface area contributed by atoms with E-state index >= 15 is 0 Å². The molecule has 1 aromatic heterocycles. The lowest BCUT2D eigenvalue weighted by molar-refractivity contribution is 0.588. The minimum Gasteiger partial charge on any atom is -0.326 e. The molecule has 0 fully saturated rings. The van der Waals surface area contributed by atoms with Gasteiger partial charge in [-0.3, -0.25) is 0 Å². The van der Waals surface area contributed by atoms with Crippen molar-refractivity contribution >= 4 is 37.3 Å². The molecular formula is C6H9BrN2O2S2. The van der Waals surface area contributed by atoms with Crippen molar-refractivity contribution in [3.05, 3.63) is 14.7 Å². The van der Waals surface area contributed by atoms with Crippen LogP contribution in [-0.2, 0) is 16.6 Å². The molecule has 1 aromatic rings. The van der Waals surface area contributed by atoms with Gasteiger partial charge in [0.15, 0.2) is 0 Å². The van der Waals surface area contributed by atoms with Crippen LogP contribution in [0.1, 0.15) is 4.88 Å². The molecule has 4 nitrogen and oxygen atoms in total. The Balaban J connectivity index is 3.23. The topological polar surface area (TPSA) is 72.2 Å². The minimum atomic E-state index is -3.36. The summed E-state index contributed by atoms with van der Waals surface area (Å²) in [6.45, 7) is 0.350. The van der Waals surface area contributed by atoms with Gasteiger partial charge < -0.3 is 5.73 Å². The number of hydrogen-bond donors (Lipinski definition) is 2. The highest BCUT2D eigenvalue weighted by molar-refractivity contribution is 9.11. The molecule has 0 aliphatic carbocycles. The van der Waals surface area contributed by atoms with Crippen LogP contribution in [0.2, 0.25) is 0 Å². The summed E-state index contributed by atoms with van der Waals surface area (Å²) in [4.78, 5) is 1.08. The van der Waals surface area contributed by atoms with E-state index in [0.29, 0.717) is 10.3 Å². The van der Waals surface area contributed by atoms with Gasteiger partial charge in [0.1, 0.15) is 4.90 Å². The highest BCUT2D eigenvalue weighted by Gasteiger charge is 2.18. The van der Waals surface area contributed by atoms with Gasteiger partial charge >= 0.3 is 0 Å². The second-order valence-corrected chi connectivity index (χ2v) is 6.57. The fourth-order valence-corrected chi connectivity index (χ4v) is 4.08. The molecule has 0 spiro atoms. The molecule has 0 aromatic carbocycles. The average Bonchev–Trinajstić information content (AvgIpc) is 2.47. The third kappa shape index (κ3) is 2.29. The quantitative estimate of drug-likeness (QED) is 0.866. The van der Waals surface area contributed by atoms with Crippen molar-refractivity contribution in [3.8, 4) is 0 Å². The highest BCUT2D eigenvalue weighted by atomic mass is 79.9. The van der Waals surface area contributed by atoms with Gasteiger partial charge in [0.25, 0.3) is 0 Å². The largest absolute Gasteiger partial charge is 0.326 e. The smallest absolute Gasteiger partial charge is 0.242 e. The zero-order valence-corrected chi connectivity index (χ0v) is 10.1. The Morgan fingerprint density at radius 2 is 2.31 bits per heavy atom. The molecule has 0 aliphatic rings. The maximum atomic E-state index is 11.4. The summed E-state index contributed by atoms with van der Waals surface area (Å²) < 4.78 is 25.6. The normalized spacial score (nSPS) is 11.9. The number of thiophene rings is 1. The Morgan fingerprint density at radius 1 is 1.69 bits per heavy atom. The molecule has 13 heavy (non-hydrogen) atoms. The van der Waals surface area contributed by atoms with Crippen molar-refractivity contribution in [2.24, 2.45) is 5.73 Å². The van der Waals surface area contributed by atoms with Crippen molar-refractivity contribution in [3.63, 3.8) is 0 Å². The third-order valence-corrected chi connectivity index (χ3v) is 5.15. The van der Waals surface area contributed by atoms with Crippen LogP contribution in [0.4, 0.5) is 0 Å². The molecule has 3 N–H and O–H groups in total. The standard InChI is InChI=1S/C6H9BrN2O2S2/c1-9-13(10,11)5-2-4(3-8)12-6(5)7/h2,9H,3,8H2,1H3. The summed E-state index contributed by atoms with van der Waals surface area (Å²) in [5.74, 6) is 0. The van der Waals surface area contributed by atoms with Crippen molar-refractivity contribution in [1.29, 1.82) is 0 Å². The van der Waals surface area contributed by atoms with Gasteiger partial charge in [-0.25, -0.2) is 13.1 Å². The average molecular weight is 285 g/mol. The second-order valence-electron chi connectivity index (χ2n) is 2.26. The number of hydrogen-bond acceptors (Lipinski definition) is 4. The Hall–Kier alpha value is 0.0500. The minimum absolute atomic E-state index is 0.250. The SMILES string of the molecule is CNS(=O)(=O)c1cc(CN)sc1Br. The summed E-state index contributed by atoms with van der Waals surface area (Å²) in [6, 6.07) is 1.57. The van der Waals surface area contributed by atoms with Crippen LogP contribution in [-0.4, -0.2) is 15.5 Å². The monoisotopic (exact) mass is 284 g/mol. The van der Waals surface area contributed by atoms with E-state index in [1.165, 1.54) is 18.4 Å². The number of halogens is 1. The fourth-order valence-electron chi connectivity index (χ4n) is 0.792. The van der Waals surface area contributed by atoms with Crippen LogP contribution in [0.15, 0.2) is 14.7 Å². The van der Waals surface area contributed by atoms with E-state index in [4.69, 9.17) is 5.73 Å². The van der Waals surface area contributed by atoms with Crippen LogP contribution in [0, 0.1) is 0 Å². The van der Waals surface area contributed by atoms with Gasteiger partial charge in [0.2, 0.25) is 10.0 Å². The molecule has 0 atom stereocenters. The van der Waals surface area contributed by atoms with E-state index in [1.54, 1.807) is 6.07 Å². The molecule has 1 rings (SSSR count). The molecule has 0 aliphatic heterocycles. The molecule has 7 heteroatoms. The van der Waals surface area contributed by atoms with E-state index in [9.17, 15) is 8.42 Å². The van der Waals surface area contributed by atoms with Gasteiger partial charge in [0.05, 0.1) is 3.79 Å². The van der Waals surface area contributed by atoms with Gasteiger partial charge in [-0.1, -0.05) is 0 Å². The van der Waals surface area contributed by atoms with Crippen LogP contribution in [0.5, 0.6) is 0 Å². The maximum Gasteiger partial charge on any atom is 0.242 e. The van der Waals surface area contributed by atoms with Crippen molar-refractivity contribution < 1.29 is 8.42 Å². The number of nitrogens with one attached hydrogen (secondary N) is 1. The predicted octanol–water partition coefficient (Wildman–Crippen LogP) is 0.877. The molecule has 0 saturated carbocycles. The van der Waals surface area contributed by atoms with Crippen molar-refractivity contribution in [1.82, 2.24) is 4.72 Å². The van der Waals surface area contributed by atoms with Crippen LogP contribution >= 0.6 is 27.3 Å². The molecule has 0 radical (unpaired) electrons. The van der Waals surface area contributed by atoms with Crippen LogP contribution in [0.3, 0.4) is 0 Å². The Kier molecular flexibility index (Phi) is 3.47. The third-order valence-electron chi connectivity index (χ3n) is 1.47. The molecule has 0 saturated heterocycles. The molecule has 0 unspecified atom stereocenters. The van der Waals surface area contributed by atoms with Crippen molar-refractivity contribution in [2.75, 3.05) is 7.05 Å². The Labute approximate surface area is 89.3 Å². The second kappa shape index (κ2) is 4.05. The van der Waals surface area contributed by atoms with E-state index in [1.807, 2.05) is 0 Å². The first kappa shape index (κ1) is 11.1. The summed E-state index contributed by atoms with van der Waals surface area (Å²) in [5.41, 5.74) is 5.39. The number of nitrogens with two attached hydrogens (primary N) is 1. The van der Waals surface area contributed by atoms with E-state index in [0.717, 1.165) is 4.88 Å². The fraction of sp³-hybridized carbons (Fsp3) is 0.333. The maximum absolute atomic E-state index is 11.4. The first-order valence-corrected chi connectivity index (χ1v) is 6.52. The number of sulfonamides is 1. The lowest BCUT2D eigenvalue weighted by atomic mass is 10.5. The molecule has 1 heterocycles. The van der Waals surface area contributed by atoms with Gasteiger partial charge in [-0.2, -0.15) is 0 Å². The number of rotatable bonds is 3. The zero-order chi connectivity index (χ0) is 10.1. The summed E-state index contributed by atoms with van der Waals surface area (Å²) in [7, 11) is -1.98. The van der Waals surface area contributed by atoms with E-state index < -0.39 is 10.0 Å². The summed E-state index contributed by atoms with van der Waals surface area (Å²) in [6.07, 6.45) is 0. The van der Waals surface area contributed by atoms with Gasteiger partial charge in [-0.05, 0) is 29.0 Å². The zero-order valence-electron chi connectivity index (χ0n) is 6.87. The molecule has 0 amide bonds. The van der Waals surface area contributed by atoms with Gasteiger partial charge in [-0.15, -0.1) is 11.3 Å². The van der Waals surface area contributed by atoms with E-state index in [2.05, 4.69) is 20.7 Å². The highest BCUT2D eigenvalue weighted by Crippen LogP contribution is 2.31. The molecule has 74 valence electrons. The first-order valence-electron chi connectivity index (χ1n) is 3.43. The molecule has 0 bridgehead atoms. The van der Waals surface area contributed by atoms with Gasteiger partial charge in [0, 0.05) is 11.4 Å². The summed E-state index contributed by atoms with van der Waals surface area (Å²) in [5, 5.41) is 0. The summed E-state index contributed by atoms with van der Waals surface area (Å²) >= 11 is 4.51.